The number of carbonyl (C=O) groups excluding carboxylic acids is 1. The van der Waals surface area contributed by atoms with Crippen molar-refractivity contribution in [1.82, 2.24) is 9.80 Å². The van der Waals surface area contributed by atoms with Gasteiger partial charge >= 0.3 is 0 Å². The molecule has 1 fully saturated rings. The fraction of sp³-hybridized carbons (Fsp3) is 0.500. The summed E-state index contributed by atoms with van der Waals surface area (Å²) in [5.41, 5.74) is 0.502. The molecule has 0 radical (unpaired) electrons. The molecule has 3 atom stereocenters. The molecule has 36 heavy (non-hydrogen) atoms. The van der Waals surface area contributed by atoms with Gasteiger partial charge in [-0.3, -0.25) is 9.52 Å². The predicted octanol–water partition coefficient (Wildman–Crippen LogP) is 3.70. The van der Waals surface area contributed by atoms with Crippen molar-refractivity contribution in [2.75, 3.05) is 38.0 Å². The number of halogens is 1. The van der Waals surface area contributed by atoms with Crippen LogP contribution in [0, 0.1) is 11.8 Å². The average Bonchev–Trinajstić information content (AvgIpc) is 3.65. The van der Waals surface area contributed by atoms with Gasteiger partial charge in [0.1, 0.15) is 11.9 Å². The third-order valence-corrected chi connectivity index (χ3v) is 8.45. The van der Waals surface area contributed by atoms with E-state index in [0.717, 1.165) is 12.5 Å². The Morgan fingerprint density at radius 3 is 2.53 bits per heavy atom. The van der Waals surface area contributed by atoms with Crippen molar-refractivity contribution < 1.29 is 23.1 Å². The molecular formula is C26H34ClN3O5S. The number of aliphatic hydroxyl groups excluding tert-OH is 1. The second kappa shape index (κ2) is 11.0. The zero-order valence-electron chi connectivity index (χ0n) is 20.9. The third kappa shape index (κ3) is 6.32. The third-order valence-electron chi connectivity index (χ3n) is 6.80. The van der Waals surface area contributed by atoms with E-state index in [-0.39, 0.29) is 40.7 Å². The number of amides is 1. The van der Waals surface area contributed by atoms with Gasteiger partial charge in [0.15, 0.2) is 0 Å². The SMILES string of the molecule is C[C@H](CO)N1C[C@H](C)[C@H](CN(C)CC2CC2)Oc2ccc(NS(=O)(=O)c3ccc(Cl)cc3)cc2C1=O. The van der Waals surface area contributed by atoms with Crippen LogP contribution in [0.4, 0.5) is 5.69 Å². The van der Waals surface area contributed by atoms with Gasteiger partial charge in [-0.1, -0.05) is 18.5 Å². The number of nitrogens with one attached hydrogen (secondary N) is 1. The van der Waals surface area contributed by atoms with E-state index in [1.807, 2.05) is 0 Å². The van der Waals surface area contributed by atoms with Crippen molar-refractivity contribution in [1.29, 1.82) is 0 Å². The number of likely N-dealkylation sites (N-methyl/N-ethyl adjacent to an activating group) is 1. The maximum absolute atomic E-state index is 13.6. The zero-order valence-corrected chi connectivity index (χ0v) is 22.4. The number of hydrogen-bond acceptors (Lipinski definition) is 6. The highest BCUT2D eigenvalue weighted by Crippen LogP contribution is 2.33. The summed E-state index contributed by atoms with van der Waals surface area (Å²) in [5.74, 6) is 0.868. The van der Waals surface area contributed by atoms with Crippen molar-refractivity contribution in [3.05, 3.63) is 53.1 Å². The van der Waals surface area contributed by atoms with E-state index in [0.29, 0.717) is 23.9 Å². The Labute approximate surface area is 218 Å². The number of hydrogen-bond donors (Lipinski definition) is 2. The molecule has 1 heterocycles. The van der Waals surface area contributed by atoms with Crippen LogP contribution >= 0.6 is 11.6 Å². The van der Waals surface area contributed by atoms with Gasteiger partial charge in [0, 0.05) is 36.3 Å². The molecule has 0 bridgehead atoms. The minimum absolute atomic E-state index is 0.0286. The molecular weight excluding hydrogens is 502 g/mol. The van der Waals surface area contributed by atoms with Crippen LogP contribution in [-0.2, 0) is 10.0 Å². The lowest BCUT2D eigenvalue weighted by atomic mass is 9.99. The van der Waals surface area contributed by atoms with Gasteiger partial charge in [0.05, 0.1) is 23.1 Å². The van der Waals surface area contributed by atoms with Crippen LogP contribution in [0.25, 0.3) is 0 Å². The lowest BCUT2D eigenvalue weighted by molar-refractivity contribution is 0.0344. The van der Waals surface area contributed by atoms with Crippen molar-refractivity contribution in [3.63, 3.8) is 0 Å². The fourth-order valence-electron chi connectivity index (χ4n) is 4.45. The minimum Gasteiger partial charge on any atom is -0.488 e. The number of ether oxygens (including phenoxy) is 1. The van der Waals surface area contributed by atoms with Crippen molar-refractivity contribution in [2.24, 2.45) is 11.8 Å². The molecule has 4 rings (SSSR count). The molecule has 1 aliphatic carbocycles. The lowest BCUT2D eigenvalue weighted by Crippen LogP contribution is -2.50. The maximum Gasteiger partial charge on any atom is 0.261 e. The molecule has 0 saturated heterocycles. The molecule has 0 spiro atoms. The Morgan fingerprint density at radius 2 is 1.89 bits per heavy atom. The minimum atomic E-state index is -3.89. The van der Waals surface area contributed by atoms with Gasteiger partial charge < -0.3 is 19.6 Å². The summed E-state index contributed by atoms with van der Waals surface area (Å²) < 4.78 is 34.7. The second-order valence-corrected chi connectivity index (χ2v) is 12.2. The van der Waals surface area contributed by atoms with Crippen LogP contribution in [0.2, 0.25) is 5.02 Å². The summed E-state index contributed by atoms with van der Waals surface area (Å²) >= 11 is 5.89. The van der Waals surface area contributed by atoms with Crippen LogP contribution in [0.1, 0.15) is 37.0 Å². The quantitative estimate of drug-likeness (QED) is 0.508. The van der Waals surface area contributed by atoms with Crippen LogP contribution in [0.3, 0.4) is 0 Å². The van der Waals surface area contributed by atoms with Gasteiger partial charge in [0.25, 0.3) is 15.9 Å². The monoisotopic (exact) mass is 535 g/mol. The second-order valence-electron chi connectivity index (χ2n) is 10.1. The molecule has 0 unspecified atom stereocenters. The van der Waals surface area contributed by atoms with E-state index in [4.69, 9.17) is 16.3 Å². The van der Waals surface area contributed by atoms with E-state index < -0.39 is 16.1 Å². The molecule has 2 N–H and O–H groups in total. The number of nitrogens with zero attached hydrogens (tertiary/aromatic N) is 2. The highest BCUT2D eigenvalue weighted by molar-refractivity contribution is 7.92. The van der Waals surface area contributed by atoms with Crippen molar-refractivity contribution >= 4 is 33.2 Å². The first-order chi connectivity index (χ1) is 17.1. The molecule has 2 aliphatic rings. The molecule has 1 amide bonds. The smallest absolute Gasteiger partial charge is 0.261 e. The number of fused-ring (bicyclic) bond motifs is 1. The lowest BCUT2D eigenvalue weighted by Gasteiger charge is -2.38. The van der Waals surface area contributed by atoms with Crippen LogP contribution in [0.5, 0.6) is 5.75 Å². The highest BCUT2D eigenvalue weighted by atomic mass is 35.5. The first-order valence-electron chi connectivity index (χ1n) is 12.3. The van der Waals surface area contributed by atoms with Gasteiger partial charge in [-0.2, -0.15) is 0 Å². The molecule has 1 saturated carbocycles. The summed E-state index contributed by atoms with van der Waals surface area (Å²) in [6, 6.07) is 10.2. The number of sulfonamides is 1. The summed E-state index contributed by atoms with van der Waals surface area (Å²) in [6.07, 6.45) is 2.35. The first-order valence-corrected chi connectivity index (χ1v) is 14.1. The predicted molar refractivity (Wildman–Crippen MR) is 140 cm³/mol. The Morgan fingerprint density at radius 1 is 1.19 bits per heavy atom. The Hall–Kier alpha value is -2.33. The molecule has 196 valence electrons. The Kier molecular flexibility index (Phi) is 8.14. The standard InChI is InChI=1S/C26H34ClN3O5S/c1-17-13-30(18(2)16-31)26(32)23-12-21(28-36(33,34)22-9-6-20(27)7-10-22)8-11-24(23)35-25(17)15-29(3)14-19-4-5-19/h6-12,17-19,25,28,31H,4-5,13-16H2,1-3H3/t17-,18+,25-/m0/s1. The van der Waals surface area contributed by atoms with Crippen molar-refractivity contribution in [2.45, 2.75) is 43.7 Å². The molecule has 0 aromatic heterocycles. The van der Waals surface area contributed by atoms with E-state index in [9.17, 15) is 18.3 Å². The normalized spacial score (nSPS) is 21.4. The van der Waals surface area contributed by atoms with E-state index in [2.05, 4.69) is 23.6 Å². The Bertz CT molecular complexity index is 1190. The van der Waals surface area contributed by atoms with Gasteiger partial charge in [-0.15, -0.1) is 0 Å². The molecule has 1 aliphatic heterocycles. The maximum atomic E-state index is 13.6. The van der Waals surface area contributed by atoms with E-state index in [1.54, 1.807) is 24.0 Å². The summed E-state index contributed by atoms with van der Waals surface area (Å²) in [7, 11) is -1.80. The summed E-state index contributed by atoms with van der Waals surface area (Å²) in [5, 5.41) is 10.3. The number of anilines is 1. The Balaban J connectivity index is 1.64. The number of aliphatic hydroxyl groups is 1. The highest BCUT2D eigenvalue weighted by Gasteiger charge is 2.34. The number of rotatable bonds is 9. The summed E-state index contributed by atoms with van der Waals surface area (Å²) in [4.78, 5) is 17.6. The molecule has 10 heteroatoms. The fourth-order valence-corrected chi connectivity index (χ4v) is 5.63. The zero-order chi connectivity index (χ0) is 26.0. The van der Waals surface area contributed by atoms with Gasteiger partial charge in [-0.05, 0) is 75.2 Å². The number of benzene rings is 2. The van der Waals surface area contributed by atoms with Crippen LogP contribution < -0.4 is 9.46 Å². The number of carbonyl (C=O) groups is 1. The average molecular weight is 536 g/mol. The van der Waals surface area contributed by atoms with E-state index in [1.165, 1.54) is 43.2 Å². The topological polar surface area (TPSA) is 99.2 Å². The van der Waals surface area contributed by atoms with Crippen LogP contribution in [0.15, 0.2) is 47.4 Å². The van der Waals surface area contributed by atoms with E-state index >= 15 is 0 Å². The van der Waals surface area contributed by atoms with Gasteiger partial charge in [-0.25, -0.2) is 8.42 Å². The molecule has 8 nitrogen and oxygen atoms in total. The largest absolute Gasteiger partial charge is 0.488 e. The van der Waals surface area contributed by atoms with Crippen molar-refractivity contribution in [3.8, 4) is 5.75 Å². The van der Waals surface area contributed by atoms with Gasteiger partial charge in [0.2, 0.25) is 0 Å². The molecule has 2 aromatic carbocycles. The first kappa shape index (κ1) is 26.7. The van der Waals surface area contributed by atoms with Crippen LogP contribution in [-0.4, -0.2) is 74.7 Å². The molecule has 2 aromatic rings. The summed E-state index contributed by atoms with van der Waals surface area (Å²) in [6.45, 7) is 5.82.